The second-order valence-electron chi connectivity index (χ2n) is 14.2. The maximum Gasteiger partial charge on any atom is -0.0635 e. The second-order valence-corrected chi connectivity index (χ2v) is 16.1. The molecule has 4 aromatic rings. The first-order valence-electron chi connectivity index (χ1n) is 14.5. The fourth-order valence-corrected chi connectivity index (χ4v) is 5.15. The third-order valence-electron chi connectivity index (χ3n) is 7.45. The molecule has 0 fully saturated rings. The average Bonchev–Trinajstić information content (AvgIpc) is 3.47. The molecule has 1 aliphatic carbocycles. The van der Waals surface area contributed by atoms with Gasteiger partial charge < -0.3 is 24.8 Å². The molecule has 0 bridgehead atoms. The van der Waals surface area contributed by atoms with E-state index in [0.29, 0.717) is 5.41 Å². The van der Waals surface area contributed by atoms with Crippen LogP contribution < -0.4 is 24.8 Å². The van der Waals surface area contributed by atoms with Gasteiger partial charge in [-0.25, -0.2) is 6.07 Å². The van der Waals surface area contributed by atoms with Crippen molar-refractivity contribution in [3.05, 3.63) is 124 Å². The van der Waals surface area contributed by atoms with Crippen molar-refractivity contribution in [2.45, 2.75) is 98.8 Å². The molecule has 0 aliphatic heterocycles. The molecular weight excluding hydrogens is 631 g/mol. The van der Waals surface area contributed by atoms with Gasteiger partial charge in [0.05, 0.1) is 0 Å². The summed E-state index contributed by atoms with van der Waals surface area (Å²) in [5.74, 6) is 0. The summed E-state index contributed by atoms with van der Waals surface area (Å²) in [5.41, 5.74) is 13.2. The normalized spacial score (nSPS) is 11.8. The van der Waals surface area contributed by atoms with Crippen molar-refractivity contribution in [1.82, 2.24) is 0 Å². The first kappa shape index (κ1) is 38.4. The van der Waals surface area contributed by atoms with Crippen molar-refractivity contribution in [1.29, 1.82) is 0 Å². The van der Waals surface area contributed by atoms with Gasteiger partial charge in [0.1, 0.15) is 0 Å². The van der Waals surface area contributed by atoms with Crippen LogP contribution in [-0.4, -0.2) is 3.21 Å². The summed E-state index contributed by atoms with van der Waals surface area (Å²) < 4.78 is 1.46. The number of fused-ring (bicyclic) bond motifs is 3. The number of benzene rings is 3. The van der Waals surface area contributed by atoms with Crippen molar-refractivity contribution in [2.24, 2.45) is 0 Å². The van der Waals surface area contributed by atoms with Crippen LogP contribution in [0.2, 0.25) is 0 Å². The number of aryl methyl sites for hydroxylation is 1. The Morgan fingerprint density at radius 3 is 1.71 bits per heavy atom. The molecule has 5 rings (SSSR count). The molecule has 224 valence electrons. The number of rotatable bonds is 1. The van der Waals surface area contributed by atoms with E-state index < -0.39 is 0 Å². The fraction of sp³-hybridized carbons (Fsp3) is 0.385. The predicted octanol–water partition coefficient (Wildman–Crippen LogP) is 4.45. The quantitative estimate of drug-likeness (QED) is 0.230. The molecule has 0 saturated carbocycles. The smallest absolute Gasteiger partial charge is 0.0635 e. The minimum Gasteiger partial charge on any atom is -1.00 e. The van der Waals surface area contributed by atoms with Crippen LogP contribution in [0.5, 0.6) is 0 Å². The van der Waals surface area contributed by atoms with Crippen LogP contribution >= 0.6 is 0 Å². The van der Waals surface area contributed by atoms with Crippen molar-refractivity contribution >= 4 is 3.21 Å². The van der Waals surface area contributed by atoms with Crippen molar-refractivity contribution in [3.8, 4) is 11.1 Å². The van der Waals surface area contributed by atoms with Gasteiger partial charge in [-0.15, -0.1) is 11.1 Å². The Bertz CT molecular complexity index is 1380. The summed E-state index contributed by atoms with van der Waals surface area (Å²) in [4.78, 5) is 0. The molecule has 0 unspecified atom stereocenters. The topological polar surface area (TPSA) is 0 Å². The molecular formula is C39H48Cl2Zr-2. The van der Waals surface area contributed by atoms with Gasteiger partial charge in [0.2, 0.25) is 0 Å². The summed E-state index contributed by atoms with van der Waals surface area (Å²) in [6, 6.07) is 32.3. The molecule has 0 N–H and O–H groups in total. The van der Waals surface area contributed by atoms with Crippen LogP contribution in [-0.2, 0) is 46.9 Å². The Labute approximate surface area is 284 Å². The zero-order valence-electron chi connectivity index (χ0n) is 27.5. The molecule has 0 atom stereocenters. The van der Waals surface area contributed by atoms with E-state index >= 15 is 0 Å². The van der Waals surface area contributed by atoms with Crippen LogP contribution in [0, 0.1) is 13.0 Å². The SMILES string of the molecule is CC(C)(C)c1[c-]c2c(cc1)-c1ccc(C(C)(C)C)cc1C2.C[C](=[Zr+2])c1ccccc1.Cc1cc(C(C)(C)C)c[cH-]1.[Cl-].[Cl-]. The maximum atomic E-state index is 3.67. The van der Waals surface area contributed by atoms with Crippen molar-refractivity contribution in [3.63, 3.8) is 0 Å². The first-order chi connectivity index (χ1) is 18.5. The predicted molar refractivity (Wildman–Crippen MR) is 173 cm³/mol. The maximum absolute atomic E-state index is 3.67. The van der Waals surface area contributed by atoms with Crippen LogP contribution in [0.25, 0.3) is 11.1 Å². The second kappa shape index (κ2) is 15.4. The van der Waals surface area contributed by atoms with E-state index in [2.05, 4.69) is 155 Å². The fourth-order valence-electron chi connectivity index (χ4n) is 4.75. The molecule has 0 saturated heterocycles. The monoisotopic (exact) mass is 676 g/mol. The molecule has 0 amide bonds. The Kier molecular flexibility index (Phi) is 14.0. The summed E-state index contributed by atoms with van der Waals surface area (Å²) in [6.07, 6.45) is 1.03. The van der Waals surface area contributed by atoms with E-state index in [0.717, 1.165) is 6.42 Å². The average molecular weight is 679 g/mol. The summed E-state index contributed by atoms with van der Waals surface area (Å²) >= 11 is 1.51. The van der Waals surface area contributed by atoms with Crippen molar-refractivity contribution in [2.75, 3.05) is 0 Å². The van der Waals surface area contributed by atoms with Crippen LogP contribution in [0.1, 0.15) is 108 Å². The van der Waals surface area contributed by atoms with E-state index in [1.165, 1.54) is 77.5 Å². The number of hydrogen-bond acceptors (Lipinski definition) is 0. The third kappa shape index (κ3) is 10.5. The number of hydrogen-bond donors (Lipinski definition) is 0. The Morgan fingerprint density at radius 1 is 0.714 bits per heavy atom. The minimum absolute atomic E-state index is 0. The van der Waals surface area contributed by atoms with Crippen LogP contribution in [0.3, 0.4) is 0 Å². The zero-order valence-corrected chi connectivity index (χ0v) is 31.4. The molecule has 0 nitrogen and oxygen atoms in total. The summed E-state index contributed by atoms with van der Waals surface area (Å²) in [5, 5.41) is 0. The Hall–Kier alpha value is -1.66. The number of halogens is 2. The van der Waals surface area contributed by atoms with Gasteiger partial charge in [-0.05, 0) is 28.4 Å². The largest absolute Gasteiger partial charge is 1.00 e. The molecule has 0 spiro atoms. The van der Waals surface area contributed by atoms with Gasteiger partial charge in [-0.2, -0.15) is 47.0 Å². The zero-order chi connectivity index (χ0) is 29.9. The standard InChI is InChI=1S/C21H25.C10H15.C8H8.2ClH.Zr/c1-20(2,3)16-7-9-18-14(12-16)11-15-13-17(21(4,5)6)8-10-19(15)18;1-8-5-6-9(7-8)10(2,3)4;1-2-8-6-4-3-5-7-8;;;/h7-10,12H,11H2,1-6H3;5-7H,1-4H3;3-7H,1H3;2*1H;/q2*-1;;;;+2/p-2. The molecule has 3 heteroatoms. The van der Waals surface area contributed by atoms with Gasteiger partial charge in [-0.1, -0.05) is 98.4 Å². The minimum atomic E-state index is 0. The molecule has 42 heavy (non-hydrogen) atoms. The molecule has 1 aliphatic rings. The molecule has 0 radical (unpaired) electrons. The molecule has 4 aromatic carbocycles. The Balaban J connectivity index is 0.000000353. The van der Waals surface area contributed by atoms with E-state index in [4.69, 9.17) is 0 Å². The summed E-state index contributed by atoms with van der Waals surface area (Å²) in [6.45, 7) is 24.6. The third-order valence-corrected chi connectivity index (χ3v) is 8.16. The van der Waals surface area contributed by atoms with E-state index in [1.54, 1.807) is 0 Å². The van der Waals surface area contributed by atoms with E-state index in [9.17, 15) is 0 Å². The van der Waals surface area contributed by atoms with Crippen molar-refractivity contribution < 1.29 is 49.0 Å². The van der Waals surface area contributed by atoms with Crippen LogP contribution in [0.15, 0.2) is 78.9 Å². The van der Waals surface area contributed by atoms with Gasteiger partial charge in [0.25, 0.3) is 0 Å². The Morgan fingerprint density at radius 2 is 1.29 bits per heavy atom. The van der Waals surface area contributed by atoms with Gasteiger partial charge in [0.15, 0.2) is 0 Å². The van der Waals surface area contributed by atoms with Gasteiger partial charge in [0, 0.05) is 0 Å². The summed E-state index contributed by atoms with van der Waals surface area (Å²) in [7, 11) is 0. The van der Waals surface area contributed by atoms with E-state index in [1.807, 2.05) is 6.07 Å². The molecule has 0 aromatic heterocycles. The van der Waals surface area contributed by atoms with Gasteiger partial charge in [-0.3, -0.25) is 0 Å². The molecule has 0 heterocycles. The first-order valence-corrected chi connectivity index (χ1v) is 15.7. The van der Waals surface area contributed by atoms with Gasteiger partial charge >= 0.3 is 70.3 Å². The van der Waals surface area contributed by atoms with Crippen LogP contribution in [0.4, 0.5) is 0 Å². The van der Waals surface area contributed by atoms with E-state index in [-0.39, 0.29) is 35.6 Å².